The minimum Gasteiger partial charge on any atom is -0.481 e. The molecule has 0 atom stereocenters. The number of carboxylic acids is 1. The van der Waals surface area contributed by atoms with Crippen LogP contribution in [0.5, 0.6) is 0 Å². The highest BCUT2D eigenvalue weighted by Crippen LogP contribution is 2.31. The molecule has 0 fully saturated rings. The van der Waals surface area contributed by atoms with Crippen LogP contribution in [0, 0.1) is 18.2 Å². The number of amides is 1. The maximum Gasteiger partial charge on any atom is 0.309 e. The van der Waals surface area contributed by atoms with Crippen molar-refractivity contribution in [3.05, 3.63) is 64.7 Å². The van der Waals surface area contributed by atoms with Crippen molar-refractivity contribution in [1.29, 1.82) is 0 Å². The Morgan fingerprint density at radius 1 is 1.24 bits per heavy atom. The van der Waals surface area contributed by atoms with Crippen LogP contribution in [0.25, 0.3) is 11.0 Å². The number of aliphatic carboxylic acids is 1. The lowest BCUT2D eigenvalue weighted by atomic mass is 9.87. The molecule has 0 radical (unpaired) electrons. The number of pyridine rings is 1. The molecule has 1 aromatic carbocycles. The summed E-state index contributed by atoms with van der Waals surface area (Å²) in [6.45, 7) is 6.64. The van der Waals surface area contributed by atoms with Gasteiger partial charge >= 0.3 is 5.97 Å². The van der Waals surface area contributed by atoms with E-state index in [0.29, 0.717) is 50.9 Å². The molecule has 2 aromatic heterocycles. The van der Waals surface area contributed by atoms with Gasteiger partial charge in [0.15, 0.2) is 0 Å². The molecule has 3 heterocycles. The summed E-state index contributed by atoms with van der Waals surface area (Å²) in [4.78, 5) is 30.7. The second-order valence-corrected chi connectivity index (χ2v) is 9.59. The Labute approximate surface area is 193 Å². The molecule has 1 aliphatic heterocycles. The second-order valence-electron chi connectivity index (χ2n) is 9.59. The lowest BCUT2D eigenvalue weighted by molar-refractivity contribution is -0.147. The SMILES string of the molecule is Cc1ccc(Cn2c3c(c4cccnc42)CCN(C(=O)CCCC(C)(C)C(=O)O)C3)c(F)c1. The van der Waals surface area contributed by atoms with E-state index < -0.39 is 11.4 Å². The van der Waals surface area contributed by atoms with Crippen LogP contribution in [0.3, 0.4) is 0 Å². The molecular formula is C26H30FN3O3. The van der Waals surface area contributed by atoms with Gasteiger partial charge in [0.1, 0.15) is 11.5 Å². The first-order valence-electron chi connectivity index (χ1n) is 11.4. The molecule has 174 valence electrons. The summed E-state index contributed by atoms with van der Waals surface area (Å²) in [6.07, 6.45) is 3.75. The van der Waals surface area contributed by atoms with E-state index in [9.17, 15) is 19.1 Å². The molecule has 1 N–H and O–H groups in total. The van der Waals surface area contributed by atoms with E-state index in [1.807, 2.05) is 40.7 Å². The van der Waals surface area contributed by atoms with E-state index in [1.165, 1.54) is 11.6 Å². The molecule has 33 heavy (non-hydrogen) atoms. The summed E-state index contributed by atoms with van der Waals surface area (Å²) in [5, 5.41) is 10.3. The van der Waals surface area contributed by atoms with Crippen LogP contribution >= 0.6 is 0 Å². The van der Waals surface area contributed by atoms with Crippen molar-refractivity contribution in [1.82, 2.24) is 14.5 Å². The second kappa shape index (κ2) is 8.96. The zero-order valence-corrected chi connectivity index (χ0v) is 19.4. The molecule has 0 spiro atoms. The fourth-order valence-electron chi connectivity index (χ4n) is 4.54. The third kappa shape index (κ3) is 4.63. The van der Waals surface area contributed by atoms with Crippen LogP contribution < -0.4 is 0 Å². The number of benzene rings is 1. The molecule has 1 aliphatic rings. The third-order valence-electron chi connectivity index (χ3n) is 6.68. The molecule has 1 amide bonds. The first kappa shape index (κ1) is 23.0. The Hall–Kier alpha value is -3.22. The fourth-order valence-corrected chi connectivity index (χ4v) is 4.54. The smallest absolute Gasteiger partial charge is 0.309 e. The molecule has 0 saturated heterocycles. The van der Waals surface area contributed by atoms with E-state index in [4.69, 9.17) is 0 Å². The standard InChI is InChI=1S/C26H30FN3O3/c1-17-8-9-18(21(27)14-17)15-30-22-16-29(23(31)7-4-11-26(2,3)25(32)33)13-10-19(22)20-6-5-12-28-24(20)30/h5-6,8-9,12,14H,4,7,10-11,13,15-16H2,1-3H3,(H,32,33). The first-order valence-corrected chi connectivity index (χ1v) is 11.4. The van der Waals surface area contributed by atoms with Crippen molar-refractivity contribution in [2.45, 2.75) is 59.5 Å². The number of aromatic nitrogens is 2. The molecule has 3 aromatic rings. The van der Waals surface area contributed by atoms with Crippen molar-refractivity contribution in [3.63, 3.8) is 0 Å². The Morgan fingerprint density at radius 2 is 2.03 bits per heavy atom. The predicted molar refractivity (Wildman–Crippen MR) is 124 cm³/mol. The molecule has 0 aliphatic carbocycles. The average Bonchev–Trinajstić information content (AvgIpc) is 3.08. The van der Waals surface area contributed by atoms with E-state index in [-0.39, 0.29) is 11.7 Å². The van der Waals surface area contributed by atoms with Gasteiger partial charge < -0.3 is 14.6 Å². The van der Waals surface area contributed by atoms with Crippen LogP contribution in [0.1, 0.15) is 55.5 Å². The maximum atomic E-state index is 14.6. The van der Waals surface area contributed by atoms with Gasteiger partial charge in [0.05, 0.1) is 18.5 Å². The van der Waals surface area contributed by atoms with Crippen LogP contribution in [-0.2, 0) is 29.1 Å². The summed E-state index contributed by atoms with van der Waals surface area (Å²) < 4.78 is 16.7. The summed E-state index contributed by atoms with van der Waals surface area (Å²) >= 11 is 0. The fraction of sp³-hybridized carbons (Fsp3) is 0.423. The highest BCUT2D eigenvalue weighted by Gasteiger charge is 2.29. The number of fused-ring (bicyclic) bond motifs is 3. The number of carbonyl (C=O) groups excluding carboxylic acids is 1. The van der Waals surface area contributed by atoms with Gasteiger partial charge in [-0.2, -0.15) is 0 Å². The van der Waals surface area contributed by atoms with E-state index >= 15 is 0 Å². The van der Waals surface area contributed by atoms with E-state index in [1.54, 1.807) is 20.0 Å². The van der Waals surface area contributed by atoms with Crippen molar-refractivity contribution >= 4 is 22.9 Å². The number of halogens is 1. The van der Waals surface area contributed by atoms with Crippen LogP contribution in [0.4, 0.5) is 4.39 Å². The number of hydrogen-bond acceptors (Lipinski definition) is 3. The number of hydrogen-bond donors (Lipinski definition) is 1. The zero-order chi connectivity index (χ0) is 23.8. The van der Waals surface area contributed by atoms with Crippen molar-refractivity contribution in [3.8, 4) is 0 Å². The Balaban J connectivity index is 1.57. The summed E-state index contributed by atoms with van der Waals surface area (Å²) in [6, 6.07) is 9.19. The van der Waals surface area contributed by atoms with Crippen molar-refractivity contribution in [2.75, 3.05) is 6.54 Å². The monoisotopic (exact) mass is 451 g/mol. The van der Waals surface area contributed by atoms with Gasteiger partial charge in [0, 0.05) is 35.8 Å². The average molecular weight is 452 g/mol. The normalized spacial score (nSPS) is 13.9. The Morgan fingerprint density at radius 3 is 2.76 bits per heavy atom. The van der Waals surface area contributed by atoms with Gasteiger partial charge in [-0.15, -0.1) is 0 Å². The van der Waals surface area contributed by atoms with Gasteiger partial charge in [-0.25, -0.2) is 9.37 Å². The first-order chi connectivity index (χ1) is 15.7. The Kier molecular flexibility index (Phi) is 6.23. The number of nitrogens with zero attached hydrogens (tertiary/aromatic N) is 3. The lowest BCUT2D eigenvalue weighted by Gasteiger charge is -2.29. The van der Waals surface area contributed by atoms with Gasteiger partial charge in [-0.1, -0.05) is 12.1 Å². The molecule has 0 unspecified atom stereocenters. The quantitative estimate of drug-likeness (QED) is 0.565. The third-order valence-corrected chi connectivity index (χ3v) is 6.68. The Bertz CT molecular complexity index is 1210. The highest BCUT2D eigenvalue weighted by molar-refractivity contribution is 5.84. The van der Waals surface area contributed by atoms with Gasteiger partial charge in [-0.3, -0.25) is 9.59 Å². The summed E-state index contributed by atoms with van der Waals surface area (Å²) in [7, 11) is 0. The summed E-state index contributed by atoms with van der Waals surface area (Å²) in [5.74, 6) is -1.07. The molecule has 0 saturated carbocycles. The minimum atomic E-state index is -0.849. The number of carboxylic acid groups (broad SMARTS) is 1. The molecule has 4 rings (SSSR count). The number of rotatable bonds is 7. The number of carbonyl (C=O) groups is 2. The molecule has 7 heteroatoms. The van der Waals surface area contributed by atoms with Crippen molar-refractivity contribution in [2.24, 2.45) is 5.41 Å². The van der Waals surface area contributed by atoms with Crippen LogP contribution in [-0.4, -0.2) is 38.0 Å². The van der Waals surface area contributed by atoms with Crippen LogP contribution in [0.15, 0.2) is 36.5 Å². The zero-order valence-electron chi connectivity index (χ0n) is 19.4. The van der Waals surface area contributed by atoms with Gasteiger partial charge in [-0.05, 0) is 69.4 Å². The van der Waals surface area contributed by atoms with Gasteiger partial charge in [0.2, 0.25) is 5.91 Å². The highest BCUT2D eigenvalue weighted by atomic mass is 19.1. The van der Waals surface area contributed by atoms with Gasteiger partial charge in [0.25, 0.3) is 0 Å². The molecule has 6 nitrogen and oxygen atoms in total. The molecular weight excluding hydrogens is 421 g/mol. The minimum absolute atomic E-state index is 0.0214. The number of aryl methyl sites for hydroxylation is 1. The topological polar surface area (TPSA) is 75.4 Å². The summed E-state index contributed by atoms with van der Waals surface area (Å²) in [5.41, 5.74) is 3.59. The lowest BCUT2D eigenvalue weighted by Crippen LogP contribution is -2.36. The predicted octanol–water partition coefficient (Wildman–Crippen LogP) is 4.70. The van der Waals surface area contributed by atoms with Crippen molar-refractivity contribution < 1.29 is 19.1 Å². The largest absolute Gasteiger partial charge is 0.481 e. The molecule has 0 bridgehead atoms. The van der Waals surface area contributed by atoms with Crippen LogP contribution in [0.2, 0.25) is 0 Å². The van der Waals surface area contributed by atoms with E-state index in [2.05, 4.69) is 4.98 Å². The van der Waals surface area contributed by atoms with E-state index in [0.717, 1.165) is 22.3 Å². The maximum absolute atomic E-state index is 14.6.